The zero-order chi connectivity index (χ0) is 21.9. The molecule has 0 unspecified atom stereocenters. The highest BCUT2D eigenvalue weighted by Crippen LogP contribution is 2.33. The van der Waals surface area contributed by atoms with E-state index in [1.54, 1.807) is 11.8 Å². The third kappa shape index (κ3) is 7.16. The molecule has 7 nitrogen and oxygen atoms in total. The molecule has 1 fully saturated rings. The molecule has 3 rings (SSSR count). The number of aliphatic imine (C=N–C) groups is 1. The van der Waals surface area contributed by atoms with E-state index < -0.39 is 0 Å². The second-order valence-corrected chi connectivity index (χ2v) is 8.64. The summed E-state index contributed by atoms with van der Waals surface area (Å²) in [4.78, 5) is 4.72. The van der Waals surface area contributed by atoms with Gasteiger partial charge in [0, 0.05) is 25.6 Å². The van der Waals surface area contributed by atoms with Gasteiger partial charge in [-0.1, -0.05) is 42.3 Å². The number of nitrogens with one attached hydrogen (secondary N) is 2. The number of benzene rings is 1. The van der Waals surface area contributed by atoms with E-state index in [1.165, 1.54) is 31.2 Å². The molecule has 1 heterocycles. The Labute approximate surface area is 190 Å². The predicted molar refractivity (Wildman–Crippen MR) is 128 cm³/mol. The Balaban J connectivity index is 1.44. The molecule has 0 atom stereocenters. The van der Waals surface area contributed by atoms with Crippen molar-refractivity contribution in [2.24, 2.45) is 4.99 Å². The molecule has 170 valence electrons. The Morgan fingerprint density at radius 3 is 2.68 bits per heavy atom. The van der Waals surface area contributed by atoms with Crippen LogP contribution >= 0.6 is 11.8 Å². The van der Waals surface area contributed by atoms with Crippen molar-refractivity contribution in [2.75, 3.05) is 32.5 Å². The zero-order valence-electron chi connectivity index (χ0n) is 19.1. The number of nitrogens with zero attached hydrogens (tertiary/aromatic N) is 4. The lowest BCUT2D eigenvalue weighted by atomic mass is 10.2. The Kier molecular flexibility index (Phi) is 9.52. The average molecular weight is 445 g/mol. The standard InChI is InChI=1S/C23H36N6OS/c1-4-24-22(26-16-17-30-20-13-11-18(2)12-14-20)25-15-7-10-21-27-28-23(31-3)29(21)19-8-5-6-9-19/h11-14,19H,4-10,15-17H2,1-3H3,(H2,24,25,26). The van der Waals surface area contributed by atoms with Gasteiger partial charge in [-0.15, -0.1) is 10.2 Å². The topological polar surface area (TPSA) is 76.4 Å². The van der Waals surface area contributed by atoms with Gasteiger partial charge < -0.3 is 19.9 Å². The van der Waals surface area contributed by atoms with Crippen molar-refractivity contribution in [1.29, 1.82) is 0 Å². The molecule has 31 heavy (non-hydrogen) atoms. The predicted octanol–water partition coefficient (Wildman–Crippen LogP) is 3.99. The molecule has 1 aliphatic carbocycles. The lowest BCUT2D eigenvalue weighted by Crippen LogP contribution is -2.39. The molecule has 0 spiro atoms. The van der Waals surface area contributed by atoms with Crippen LogP contribution in [0.1, 0.15) is 56.5 Å². The van der Waals surface area contributed by atoms with Gasteiger partial charge in [0.25, 0.3) is 0 Å². The number of ether oxygens (including phenoxy) is 1. The number of thioether (sulfide) groups is 1. The summed E-state index contributed by atoms with van der Waals surface area (Å²) in [6, 6.07) is 8.69. The second-order valence-electron chi connectivity index (χ2n) is 7.86. The monoisotopic (exact) mass is 444 g/mol. The van der Waals surface area contributed by atoms with E-state index in [9.17, 15) is 0 Å². The molecular weight excluding hydrogens is 408 g/mol. The molecule has 2 N–H and O–H groups in total. The number of aromatic nitrogens is 3. The van der Waals surface area contributed by atoms with Gasteiger partial charge in [-0.25, -0.2) is 0 Å². The van der Waals surface area contributed by atoms with Crippen LogP contribution in [0, 0.1) is 6.92 Å². The van der Waals surface area contributed by atoms with E-state index in [2.05, 4.69) is 57.6 Å². The van der Waals surface area contributed by atoms with Crippen molar-refractivity contribution in [3.05, 3.63) is 35.7 Å². The molecule has 8 heteroatoms. The third-order valence-electron chi connectivity index (χ3n) is 5.46. The van der Waals surface area contributed by atoms with Crippen molar-refractivity contribution in [3.63, 3.8) is 0 Å². The molecule has 1 aromatic heterocycles. The molecule has 0 amide bonds. The number of hydrogen-bond donors (Lipinski definition) is 2. The normalized spacial score (nSPS) is 14.7. The van der Waals surface area contributed by atoms with Crippen LogP contribution in [0.5, 0.6) is 5.75 Å². The van der Waals surface area contributed by atoms with Gasteiger partial charge in [0.1, 0.15) is 18.2 Å². The number of hydrogen-bond acceptors (Lipinski definition) is 5. The molecule has 0 bridgehead atoms. The van der Waals surface area contributed by atoms with Crippen LogP contribution in [0.4, 0.5) is 0 Å². The van der Waals surface area contributed by atoms with Gasteiger partial charge in [-0.3, -0.25) is 4.99 Å². The molecule has 0 saturated heterocycles. The van der Waals surface area contributed by atoms with Gasteiger partial charge >= 0.3 is 0 Å². The first kappa shape index (κ1) is 23.4. The van der Waals surface area contributed by atoms with Crippen LogP contribution in [-0.4, -0.2) is 53.2 Å². The van der Waals surface area contributed by atoms with Gasteiger partial charge in [-0.05, 0) is 51.5 Å². The molecule has 2 aromatic rings. The Hall–Kier alpha value is -2.22. The van der Waals surface area contributed by atoms with Crippen molar-refractivity contribution in [2.45, 2.75) is 63.6 Å². The summed E-state index contributed by atoms with van der Waals surface area (Å²) >= 11 is 1.69. The first-order chi connectivity index (χ1) is 15.2. The van der Waals surface area contributed by atoms with Crippen LogP contribution in [0.2, 0.25) is 0 Å². The first-order valence-electron chi connectivity index (χ1n) is 11.4. The van der Waals surface area contributed by atoms with E-state index >= 15 is 0 Å². The molecule has 0 radical (unpaired) electrons. The fourth-order valence-electron chi connectivity index (χ4n) is 3.89. The summed E-state index contributed by atoms with van der Waals surface area (Å²) in [5.74, 6) is 2.83. The van der Waals surface area contributed by atoms with Crippen LogP contribution in [-0.2, 0) is 6.42 Å². The number of aryl methyl sites for hydroxylation is 2. The summed E-state index contributed by atoms with van der Waals surface area (Å²) in [5, 5.41) is 16.6. The SMILES string of the molecule is CCNC(=NCCCc1nnc(SC)n1C1CCCC1)NCCOc1ccc(C)cc1. The van der Waals surface area contributed by atoms with E-state index in [1.807, 2.05) is 12.1 Å². The van der Waals surface area contributed by atoms with Crippen molar-refractivity contribution < 1.29 is 4.74 Å². The quantitative estimate of drug-likeness (QED) is 0.236. The van der Waals surface area contributed by atoms with E-state index in [-0.39, 0.29) is 0 Å². The minimum Gasteiger partial charge on any atom is -0.492 e. The van der Waals surface area contributed by atoms with Gasteiger partial charge in [0.2, 0.25) is 0 Å². The number of rotatable bonds is 11. The van der Waals surface area contributed by atoms with Gasteiger partial charge in [0.05, 0.1) is 6.54 Å². The minimum absolute atomic E-state index is 0.573. The Morgan fingerprint density at radius 2 is 1.97 bits per heavy atom. The van der Waals surface area contributed by atoms with Gasteiger partial charge in [0.15, 0.2) is 11.1 Å². The molecular formula is C23H36N6OS. The lowest BCUT2D eigenvalue weighted by Gasteiger charge is -2.16. The fourth-order valence-corrected chi connectivity index (χ4v) is 4.46. The van der Waals surface area contributed by atoms with Gasteiger partial charge in [-0.2, -0.15) is 0 Å². The third-order valence-corrected chi connectivity index (χ3v) is 6.11. The highest BCUT2D eigenvalue weighted by Gasteiger charge is 2.23. The van der Waals surface area contributed by atoms with Crippen molar-refractivity contribution >= 4 is 17.7 Å². The maximum absolute atomic E-state index is 5.78. The Bertz CT molecular complexity index is 814. The summed E-state index contributed by atoms with van der Waals surface area (Å²) < 4.78 is 8.16. The largest absolute Gasteiger partial charge is 0.492 e. The van der Waals surface area contributed by atoms with Crippen LogP contribution in [0.15, 0.2) is 34.4 Å². The van der Waals surface area contributed by atoms with E-state index in [0.717, 1.165) is 48.6 Å². The summed E-state index contributed by atoms with van der Waals surface area (Å²) in [5.41, 5.74) is 1.23. The van der Waals surface area contributed by atoms with Crippen LogP contribution in [0.3, 0.4) is 0 Å². The number of guanidine groups is 1. The second kappa shape index (κ2) is 12.6. The van der Waals surface area contributed by atoms with Crippen molar-refractivity contribution in [3.8, 4) is 5.75 Å². The molecule has 1 aromatic carbocycles. The van der Waals surface area contributed by atoms with Crippen LogP contribution < -0.4 is 15.4 Å². The summed E-state index contributed by atoms with van der Waals surface area (Å²) in [7, 11) is 0. The minimum atomic E-state index is 0.573. The maximum Gasteiger partial charge on any atom is 0.191 e. The van der Waals surface area contributed by atoms with E-state index in [4.69, 9.17) is 9.73 Å². The molecule has 1 saturated carbocycles. The zero-order valence-corrected chi connectivity index (χ0v) is 19.9. The van der Waals surface area contributed by atoms with E-state index in [0.29, 0.717) is 19.2 Å². The molecule has 0 aliphatic heterocycles. The summed E-state index contributed by atoms with van der Waals surface area (Å²) in [6.45, 7) is 7.03. The lowest BCUT2D eigenvalue weighted by molar-refractivity contribution is 0.322. The first-order valence-corrected chi connectivity index (χ1v) is 12.6. The highest BCUT2D eigenvalue weighted by atomic mass is 32.2. The Morgan fingerprint density at radius 1 is 1.19 bits per heavy atom. The average Bonchev–Trinajstić information content (AvgIpc) is 3.44. The fraction of sp³-hybridized carbons (Fsp3) is 0.609. The molecule has 1 aliphatic rings. The van der Waals surface area contributed by atoms with Crippen molar-refractivity contribution in [1.82, 2.24) is 25.4 Å². The highest BCUT2D eigenvalue weighted by molar-refractivity contribution is 7.98. The summed E-state index contributed by atoms with van der Waals surface area (Å²) in [6.07, 6.45) is 9.06. The maximum atomic E-state index is 5.78. The van der Waals surface area contributed by atoms with Crippen LogP contribution in [0.25, 0.3) is 0 Å². The smallest absolute Gasteiger partial charge is 0.191 e.